The number of hydrogen-bond donors (Lipinski definition) is 1. The number of fused-ring (bicyclic) bond motifs is 4. The fraction of sp³-hybridized carbons (Fsp3) is 0.0294. The maximum Gasteiger partial charge on any atom is 0.288 e. The van der Waals surface area contributed by atoms with Gasteiger partial charge in [-0.15, -0.1) is 11.3 Å². The highest BCUT2D eigenvalue weighted by molar-refractivity contribution is 7.21. The number of H-pyrrole nitrogens is 1. The van der Waals surface area contributed by atoms with E-state index in [1.165, 1.54) is 15.5 Å². The first-order chi connectivity index (χ1) is 19.7. The molecule has 4 aromatic heterocycles. The van der Waals surface area contributed by atoms with E-state index in [0.29, 0.717) is 0 Å². The highest BCUT2D eigenvalue weighted by atomic mass is 32.1. The van der Waals surface area contributed by atoms with Crippen molar-refractivity contribution in [2.24, 2.45) is 7.05 Å². The number of nitrogens with zero attached hydrogens (tertiary/aromatic N) is 4. The lowest BCUT2D eigenvalue weighted by atomic mass is 10.1. The topological polar surface area (TPSA) is 50.4 Å². The zero-order valence-corrected chi connectivity index (χ0v) is 22.6. The van der Waals surface area contributed by atoms with Crippen LogP contribution >= 0.6 is 11.3 Å². The molecule has 0 fully saturated rings. The molecule has 1 N–H and O–H groups in total. The molecule has 0 aliphatic heterocycles. The number of imidazole rings is 1. The molecule has 190 valence electrons. The molecule has 6 heteroatoms. The van der Waals surface area contributed by atoms with Gasteiger partial charge >= 0.3 is 0 Å². The Morgan fingerprint density at radius 1 is 0.800 bits per heavy atom. The predicted octanol–water partition coefficient (Wildman–Crippen LogP) is 7.94. The minimum atomic E-state index is 0.955. The molecule has 0 saturated heterocycles. The molecular weight excluding hydrogens is 510 g/mol. The molecule has 5 nitrogen and oxygen atoms in total. The minimum absolute atomic E-state index is 0.955. The van der Waals surface area contributed by atoms with E-state index < -0.39 is 0 Å². The van der Waals surface area contributed by atoms with Gasteiger partial charge in [0.1, 0.15) is 17.4 Å². The van der Waals surface area contributed by atoms with Crippen LogP contribution in [-0.2, 0) is 7.05 Å². The lowest BCUT2D eigenvalue weighted by Crippen LogP contribution is -2.27. The van der Waals surface area contributed by atoms with Gasteiger partial charge in [-0.05, 0) is 48.5 Å². The van der Waals surface area contributed by atoms with Crippen molar-refractivity contribution in [3.05, 3.63) is 122 Å². The van der Waals surface area contributed by atoms with Crippen molar-refractivity contribution in [1.29, 1.82) is 0 Å². The van der Waals surface area contributed by atoms with E-state index in [1.54, 1.807) is 11.3 Å². The van der Waals surface area contributed by atoms with Crippen LogP contribution in [0.25, 0.3) is 70.9 Å². The Bertz CT molecular complexity index is 2150. The summed E-state index contributed by atoms with van der Waals surface area (Å²) in [5, 5.41) is 3.44. The molecule has 0 saturated carbocycles. The van der Waals surface area contributed by atoms with Crippen LogP contribution in [0.4, 0.5) is 0 Å². The van der Waals surface area contributed by atoms with Crippen LogP contribution in [0.15, 0.2) is 122 Å². The second kappa shape index (κ2) is 9.00. The van der Waals surface area contributed by atoms with Crippen LogP contribution in [-0.4, -0.2) is 19.5 Å². The normalized spacial score (nSPS) is 11.6. The van der Waals surface area contributed by atoms with E-state index in [0.717, 1.165) is 55.5 Å². The molecule has 0 unspecified atom stereocenters. The number of thiazole rings is 1. The molecule has 0 spiro atoms. The van der Waals surface area contributed by atoms with Gasteiger partial charge in [0.15, 0.2) is 0 Å². The predicted molar refractivity (Wildman–Crippen MR) is 164 cm³/mol. The quantitative estimate of drug-likeness (QED) is 0.233. The number of benzene rings is 4. The molecule has 0 aliphatic rings. The summed E-state index contributed by atoms with van der Waals surface area (Å²) in [5.74, 6) is 1.06. The van der Waals surface area contributed by atoms with Crippen molar-refractivity contribution in [2.75, 3.05) is 0 Å². The van der Waals surface area contributed by atoms with Crippen LogP contribution in [0.3, 0.4) is 0 Å². The van der Waals surface area contributed by atoms with Gasteiger partial charge in [0.2, 0.25) is 0 Å². The lowest BCUT2D eigenvalue weighted by molar-refractivity contribution is -0.658. The molecular formula is C34H24N5S+. The summed E-state index contributed by atoms with van der Waals surface area (Å²) in [6.07, 6.45) is 5.87. The fourth-order valence-corrected chi connectivity index (χ4v) is 6.63. The van der Waals surface area contributed by atoms with Crippen molar-refractivity contribution in [2.45, 2.75) is 0 Å². The van der Waals surface area contributed by atoms with Crippen molar-refractivity contribution in [1.82, 2.24) is 19.5 Å². The first kappa shape index (κ1) is 22.9. The Balaban J connectivity index is 1.45. The van der Waals surface area contributed by atoms with Gasteiger partial charge in [0.05, 0.1) is 39.6 Å². The molecule has 0 radical (unpaired) electrons. The van der Waals surface area contributed by atoms with Gasteiger partial charge in [0.25, 0.3) is 5.82 Å². The Kier molecular flexibility index (Phi) is 5.15. The maximum absolute atomic E-state index is 4.96. The van der Waals surface area contributed by atoms with Crippen LogP contribution in [0.5, 0.6) is 0 Å². The Morgan fingerprint density at radius 3 is 2.55 bits per heavy atom. The maximum atomic E-state index is 4.96. The standard InChI is InChI=1S/C34H23N5S/c1-38-19-18-36-33(38)27-11-7-10-26-25-16-15-23(34-37-29-13-2-3-14-31(29)40-34)21-30(25)39(32(26)27)24-9-6-8-22(20-24)28-12-4-5-17-35-28/h2-21H,1H3/p+1. The van der Waals surface area contributed by atoms with Crippen LogP contribution in [0, 0.1) is 0 Å². The van der Waals surface area contributed by atoms with E-state index in [1.807, 2.05) is 36.8 Å². The number of aryl methyl sites for hydroxylation is 1. The third-order valence-electron chi connectivity index (χ3n) is 7.52. The van der Waals surface area contributed by atoms with E-state index >= 15 is 0 Å². The number of aromatic nitrogens is 5. The van der Waals surface area contributed by atoms with Gasteiger partial charge in [-0.2, -0.15) is 0 Å². The van der Waals surface area contributed by atoms with Gasteiger partial charge in [-0.3, -0.25) is 4.98 Å². The lowest BCUT2D eigenvalue weighted by Gasteiger charge is -2.12. The average Bonchev–Trinajstić information content (AvgIpc) is 3.72. The number of hydrogen-bond acceptors (Lipinski definition) is 3. The average molecular weight is 535 g/mol. The van der Waals surface area contributed by atoms with E-state index in [-0.39, 0.29) is 0 Å². The van der Waals surface area contributed by atoms with Gasteiger partial charge in [-0.25, -0.2) is 14.5 Å². The largest absolute Gasteiger partial charge is 0.308 e. The molecule has 0 amide bonds. The Hall–Kier alpha value is -5.07. The highest BCUT2D eigenvalue weighted by Crippen LogP contribution is 2.40. The Labute approximate surface area is 234 Å². The third kappa shape index (κ3) is 3.57. The van der Waals surface area contributed by atoms with Gasteiger partial charge in [-0.1, -0.05) is 54.6 Å². The van der Waals surface area contributed by atoms with E-state index in [9.17, 15) is 0 Å². The zero-order chi connectivity index (χ0) is 26.6. The second-order valence-electron chi connectivity index (χ2n) is 9.94. The van der Waals surface area contributed by atoms with Crippen molar-refractivity contribution in [3.63, 3.8) is 0 Å². The van der Waals surface area contributed by atoms with Crippen molar-refractivity contribution < 1.29 is 4.57 Å². The minimum Gasteiger partial charge on any atom is -0.308 e. The second-order valence-corrected chi connectivity index (χ2v) is 11.0. The van der Waals surface area contributed by atoms with Crippen molar-refractivity contribution >= 4 is 43.4 Å². The molecule has 0 bridgehead atoms. The molecule has 4 aromatic carbocycles. The molecule has 8 aromatic rings. The van der Waals surface area contributed by atoms with Crippen LogP contribution in [0.1, 0.15) is 0 Å². The number of rotatable bonds is 4. The highest BCUT2D eigenvalue weighted by Gasteiger charge is 2.22. The first-order valence-electron chi connectivity index (χ1n) is 13.2. The number of nitrogens with one attached hydrogen (secondary N) is 1. The molecule has 4 heterocycles. The molecule has 8 rings (SSSR count). The summed E-state index contributed by atoms with van der Waals surface area (Å²) in [7, 11) is 2.07. The van der Waals surface area contributed by atoms with Gasteiger partial charge in [0, 0.05) is 33.8 Å². The summed E-state index contributed by atoms with van der Waals surface area (Å²) in [6.45, 7) is 0. The third-order valence-corrected chi connectivity index (χ3v) is 8.61. The fourth-order valence-electron chi connectivity index (χ4n) is 5.66. The summed E-state index contributed by atoms with van der Waals surface area (Å²) < 4.78 is 5.72. The van der Waals surface area contributed by atoms with E-state index in [4.69, 9.17) is 4.98 Å². The van der Waals surface area contributed by atoms with Crippen LogP contribution in [0.2, 0.25) is 0 Å². The summed E-state index contributed by atoms with van der Waals surface area (Å²) in [4.78, 5) is 13.0. The summed E-state index contributed by atoms with van der Waals surface area (Å²) >= 11 is 1.73. The summed E-state index contributed by atoms with van der Waals surface area (Å²) in [6, 6.07) is 36.3. The zero-order valence-electron chi connectivity index (χ0n) is 21.7. The van der Waals surface area contributed by atoms with E-state index in [2.05, 4.69) is 111 Å². The summed E-state index contributed by atoms with van der Waals surface area (Å²) in [5.41, 5.74) is 8.73. The number of para-hydroxylation sites is 2. The first-order valence-corrected chi connectivity index (χ1v) is 14.0. The van der Waals surface area contributed by atoms with Gasteiger partial charge < -0.3 is 4.57 Å². The Morgan fingerprint density at radius 2 is 1.70 bits per heavy atom. The van der Waals surface area contributed by atoms with Crippen LogP contribution < -0.4 is 4.57 Å². The number of aromatic amines is 1. The molecule has 40 heavy (non-hydrogen) atoms. The molecule has 0 aliphatic carbocycles. The SMILES string of the molecule is C[n+]1cc[nH]c1-c1cccc2c3ccc(-c4nc5ccccc5s4)cc3n(-c3cccc(-c4ccccn4)c3)c12. The molecule has 0 atom stereocenters. The number of pyridine rings is 1. The monoisotopic (exact) mass is 534 g/mol. The van der Waals surface area contributed by atoms with Crippen molar-refractivity contribution in [3.8, 4) is 38.9 Å². The smallest absolute Gasteiger partial charge is 0.288 e.